The van der Waals surface area contributed by atoms with Crippen molar-refractivity contribution in [1.82, 2.24) is 20.1 Å². The van der Waals surface area contributed by atoms with Gasteiger partial charge in [-0.25, -0.2) is 0 Å². The normalized spacial score (nSPS) is 15.1. The third kappa shape index (κ3) is 5.34. The fraction of sp³-hybridized carbons (Fsp3) is 0.571. The van der Waals surface area contributed by atoms with Crippen molar-refractivity contribution in [3.05, 3.63) is 41.2 Å². The Hall–Kier alpha value is -1.82. The van der Waals surface area contributed by atoms with Gasteiger partial charge in [-0.1, -0.05) is 49.9 Å². The standard InChI is InChI=1S/C21H30N4OS/c1-5-25-20(18-10-11-18)23-24-21(25)27-13-19(26)22-15(4)17-8-6-16(7-9-17)12-14(2)3/h6-9,14-15,18H,5,10-13H2,1-4H3,(H,22,26)/t15-/m0/s1. The molecule has 1 fully saturated rings. The molecule has 1 N–H and O–H groups in total. The van der Waals surface area contributed by atoms with E-state index >= 15 is 0 Å². The third-order valence-corrected chi connectivity index (χ3v) is 5.80. The molecule has 1 atom stereocenters. The van der Waals surface area contributed by atoms with Crippen molar-refractivity contribution in [3.63, 3.8) is 0 Å². The van der Waals surface area contributed by atoms with Gasteiger partial charge < -0.3 is 9.88 Å². The summed E-state index contributed by atoms with van der Waals surface area (Å²) in [7, 11) is 0. The second-order valence-electron chi connectivity index (χ2n) is 7.78. The van der Waals surface area contributed by atoms with Crippen molar-refractivity contribution >= 4 is 17.7 Å². The smallest absolute Gasteiger partial charge is 0.230 e. The average molecular weight is 387 g/mol. The summed E-state index contributed by atoms with van der Waals surface area (Å²) in [5.41, 5.74) is 2.47. The first kappa shape index (κ1) is 19.9. The predicted molar refractivity (Wildman–Crippen MR) is 110 cm³/mol. The van der Waals surface area contributed by atoms with E-state index in [1.54, 1.807) is 0 Å². The molecule has 1 aromatic heterocycles. The molecule has 0 spiro atoms. The van der Waals surface area contributed by atoms with Crippen LogP contribution >= 0.6 is 11.8 Å². The van der Waals surface area contributed by atoms with Gasteiger partial charge in [-0.3, -0.25) is 4.79 Å². The zero-order valence-electron chi connectivity index (χ0n) is 16.7. The van der Waals surface area contributed by atoms with E-state index in [9.17, 15) is 4.79 Å². The maximum absolute atomic E-state index is 12.4. The molecule has 0 unspecified atom stereocenters. The van der Waals surface area contributed by atoms with Gasteiger partial charge in [-0.2, -0.15) is 0 Å². The topological polar surface area (TPSA) is 59.8 Å². The third-order valence-electron chi connectivity index (χ3n) is 4.84. The van der Waals surface area contributed by atoms with E-state index in [0.29, 0.717) is 17.6 Å². The highest BCUT2D eigenvalue weighted by atomic mass is 32.2. The van der Waals surface area contributed by atoms with Gasteiger partial charge in [0.15, 0.2) is 5.16 Å². The maximum Gasteiger partial charge on any atom is 0.230 e. The Balaban J connectivity index is 1.51. The minimum absolute atomic E-state index is 0.00253. The van der Waals surface area contributed by atoms with Crippen LogP contribution in [0.5, 0.6) is 0 Å². The summed E-state index contributed by atoms with van der Waals surface area (Å²) in [6.07, 6.45) is 3.49. The van der Waals surface area contributed by atoms with Crippen molar-refractivity contribution in [2.45, 2.75) is 70.6 Å². The van der Waals surface area contributed by atoms with Crippen LogP contribution in [0.3, 0.4) is 0 Å². The number of nitrogens with zero attached hydrogens (tertiary/aromatic N) is 3. The molecule has 0 saturated heterocycles. The molecule has 0 radical (unpaired) electrons. The van der Waals surface area contributed by atoms with Gasteiger partial charge >= 0.3 is 0 Å². The van der Waals surface area contributed by atoms with Crippen LogP contribution < -0.4 is 5.32 Å². The fourth-order valence-corrected chi connectivity index (χ4v) is 4.08. The summed E-state index contributed by atoms with van der Waals surface area (Å²) in [4.78, 5) is 12.4. The van der Waals surface area contributed by atoms with Gasteiger partial charge in [0.05, 0.1) is 11.8 Å². The molecule has 3 rings (SSSR count). The molecule has 6 heteroatoms. The molecule has 146 valence electrons. The molecule has 1 amide bonds. The lowest BCUT2D eigenvalue weighted by molar-refractivity contribution is -0.119. The number of amides is 1. The summed E-state index contributed by atoms with van der Waals surface area (Å²) in [5, 5.41) is 12.5. The summed E-state index contributed by atoms with van der Waals surface area (Å²) in [6, 6.07) is 8.56. The number of carbonyl (C=O) groups is 1. The predicted octanol–water partition coefficient (Wildman–Crippen LogP) is 4.34. The molecular formula is C21H30N4OS. The maximum atomic E-state index is 12.4. The second kappa shape index (κ2) is 8.91. The Morgan fingerprint density at radius 3 is 2.52 bits per heavy atom. The summed E-state index contributed by atoms with van der Waals surface area (Å²) in [6.45, 7) is 9.43. The number of hydrogen-bond donors (Lipinski definition) is 1. The molecule has 27 heavy (non-hydrogen) atoms. The summed E-state index contributed by atoms with van der Waals surface area (Å²) in [5.74, 6) is 2.68. The minimum Gasteiger partial charge on any atom is -0.349 e. The van der Waals surface area contributed by atoms with Crippen LogP contribution in [0.15, 0.2) is 29.4 Å². The molecule has 0 aliphatic heterocycles. The SMILES string of the molecule is CCn1c(SCC(=O)N[C@@H](C)c2ccc(CC(C)C)cc2)nnc1C1CC1. The highest BCUT2D eigenvalue weighted by Crippen LogP contribution is 2.39. The lowest BCUT2D eigenvalue weighted by atomic mass is 10.00. The number of aromatic nitrogens is 3. The van der Waals surface area contributed by atoms with Crippen LogP contribution in [0.1, 0.15) is 69.4 Å². The van der Waals surface area contributed by atoms with E-state index in [-0.39, 0.29) is 11.9 Å². The van der Waals surface area contributed by atoms with Crippen molar-refractivity contribution in [2.75, 3.05) is 5.75 Å². The number of carbonyl (C=O) groups excluding carboxylic acids is 1. The zero-order chi connectivity index (χ0) is 19.4. The molecular weight excluding hydrogens is 356 g/mol. The molecule has 1 aromatic carbocycles. The number of hydrogen-bond acceptors (Lipinski definition) is 4. The highest BCUT2D eigenvalue weighted by molar-refractivity contribution is 7.99. The second-order valence-corrected chi connectivity index (χ2v) is 8.72. The quantitative estimate of drug-likeness (QED) is 0.651. The van der Waals surface area contributed by atoms with Crippen molar-refractivity contribution in [2.24, 2.45) is 5.92 Å². The van der Waals surface area contributed by atoms with Gasteiger partial charge in [-0.15, -0.1) is 10.2 Å². The van der Waals surface area contributed by atoms with Crippen LogP contribution in [0, 0.1) is 5.92 Å². The van der Waals surface area contributed by atoms with Gasteiger partial charge in [0.1, 0.15) is 5.82 Å². The van der Waals surface area contributed by atoms with Crippen molar-refractivity contribution < 1.29 is 4.79 Å². The lowest BCUT2D eigenvalue weighted by Crippen LogP contribution is -2.28. The first-order valence-corrected chi connectivity index (χ1v) is 10.9. The molecule has 2 aromatic rings. The lowest BCUT2D eigenvalue weighted by Gasteiger charge is -2.15. The fourth-order valence-electron chi connectivity index (χ4n) is 3.26. The summed E-state index contributed by atoms with van der Waals surface area (Å²) < 4.78 is 2.15. The van der Waals surface area contributed by atoms with Crippen LogP contribution in [0.25, 0.3) is 0 Å². The number of rotatable bonds is 9. The number of nitrogens with one attached hydrogen (secondary N) is 1. The Bertz CT molecular complexity index is 765. The van der Waals surface area contributed by atoms with Crippen LogP contribution in [0.4, 0.5) is 0 Å². The Labute approximate surface area is 166 Å². The van der Waals surface area contributed by atoms with E-state index < -0.39 is 0 Å². The number of thioether (sulfide) groups is 1. The first-order chi connectivity index (χ1) is 13.0. The molecule has 1 saturated carbocycles. The van der Waals surface area contributed by atoms with Crippen LogP contribution in [0.2, 0.25) is 0 Å². The van der Waals surface area contributed by atoms with Gasteiger partial charge in [-0.05, 0) is 50.2 Å². The van der Waals surface area contributed by atoms with Gasteiger partial charge in [0.25, 0.3) is 0 Å². The van der Waals surface area contributed by atoms with E-state index in [1.807, 2.05) is 6.92 Å². The molecule has 1 aliphatic rings. The van der Waals surface area contributed by atoms with Crippen molar-refractivity contribution in [3.8, 4) is 0 Å². The van der Waals surface area contributed by atoms with Crippen LogP contribution in [-0.2, 0) is 17.8 Å². The zero-order valence-corrected chi connectivity index (χ0v) is 17.6. The molecule has 1 aliphatic carbocycles. The Morgan fingerprint density at radius 1 is 1.22 bits per heavy atom. The number of benzene rings is 1. The minimum atomic E-state index is -0.00253. The van der Waals surface area contributed by atoms with Crippen LogP contribution in [-0.4, -0.2) is 26.4 Å². The van der Waals surface area contributed by atoms with E-state index in [0.717, 1.165) is 29.5 Å². The highest BCUT2D eigenvalue weighted by Gasteiger charge is 2.30. The van der Waals surface area contributed by atoms with Gasteiger partial charge in [0, 0.05) is 12.5 Å². The van der Waals surface area contributed by atoms with Gasteiger partial charge in [0.2, 0.25) is 5.91 Å². The first-order valence-electron chi connectivity index (χ1n) is 9.92. The van der Waals surface area contributed by atoms with Crippen molar-refractivity contribution in [1.29, 1.82) is 0 Å². The molecule has 1 heterocycles. The molecule has 0 bridgehead atoms. The Morgan fingerprint density at radius 2 is 1.93 bits per heavy atom. The molecule has 5 nitrogen and oxygen atoms in total. The van der Waals surface area contributed by atoms with E-state index in [1.165, 1.54) is 30.2 Å². The summed E-state index contributed by atoms with van der Waals surface area (Å²) >= 11 is 1.47. The Kier molecular flexibility index (Phi) is 6.58. The monoisotopic (exact) mass is 386 g/mol. The van der Waals surface area contributed by atoms with E-state index in [2.05, 4.69) is 65.1 Å². The largest absolute Gasteiger partial charge is 0.349 e. The van der Waals surface area contributed by atoms with E-state index in [4.69, 9.17) is 0 Å². The average Bonchev–Trinajstić information content (AvgIpc) is 3.39.